The summed E-state index contributed by atoms with van der Waals surface area (Å²) in [6.45, 7) is 2.50. The molecule has 28 heavy (non-hydrogen) atoms. The predicted octanol–water partition coefficient (Wildman–Crippen LogP) is 6.46. The molecule has 0 radical (unpaired) electrons. The van der Waals surface area contributed by atoms with E-state index in [1.165, 1.54) is 96.3 Å². The number of ether oxygens (including phenoxy) is 1. The highest BCUT2D eigenvalue weighted by molar-refractivity contribution is 7.86. The summed E-state index contributed by atoms with van der Waals surface area (Å²) >= 11 is 0. The van der Waals surface area contributed by atoms with Gasteiger partial charge in [-0.1, -0.05) is 116 Å². The minimum absolute atomic E-state index is 0.229. The smallest absolute Gasteiger partial charge is 0.323 e. The van der Waals surface area contributed by atoms with Gasteiger partial charge in [0.15, 0.2) is 5.75 Å². The molecule has 0 atom stereocenters. The molecule has 0 unspecified atom stereocenters. The van der Waals surface area contributed by atoms with Gasteiger partial charge in [-0.3, -0.25) is 9.35 Å². The van der Waals surface area contributed by atoms with Gasteiger partial charge in [0.2, 0.25) is 0 Å². The van der Waals surface area contributed by atoms with Crippen LogP contribution >= 0.6 is 0 Å². The molecule has 0 aliphatic carbocycles. The molecule has 0 fully saturated rings. The van der Waals surface area contributed by atoms with Gasteiger partial charge in [-0.25, -0.2) is 0 Å². The molecular formula is C22H44O5S. The lowest BCUT2D eigenvalue weighted by Crippen LogP contribution is -2.18. The predicted molar refractivity (Wildman–Crippen MR) is 116 cm³/mol. The monoisotopic (exact) mass is 420 g/mol. The minimum Gasteiger partial charge on any atom is -0.465 e. The molecular weight excluding hydrogens is 376 g/mol. The lowest BCUT2D eigenvalue weighted by molar-refractivity contribution is -0.140. The average molecular weight is 421 g/mol. The van der Waals surface area contributed by atoms with E-state index in [2.05, 4.69) is 6.92 Å². The van der Waals surface area contributed by atoms with Crippen molar-refractivity contribution < 1.29 is 22.5 Å². The highest BCUT2D eigenvalue weighted by atomic mass is 32.2. The van der Waals surface area contributed by atoms with Crippen LogP contribution in [-0.2, 0) is 19.6 Å². The van der Waals surface area contributed by atoms with Gasteiger partial charge in [0.05, 0.1) is 6.61 Å². The maximum Gasteiger partial charge on any atom is 0.323 e. The lowest BCUT2D eigenvalue weighted by Gasteiger charge is -2.05. The first kappa shape index (κ1) is 27.4. The van der Waals surface area contributed by atoms with Gasteiger partial charge in [0, 0.05) is 0 Å². The Morgan fingerprint density at radius 2 is 0.964 bits per heavy atom. The summed E-state index contributed by atoms with van der Waals surface area (Å²) < 4.78 is 34.3. The first-order valence-corrected chi connectivity index (χ1v) is 13.2. The van der Waals surface area contributed by atoms with Crippen molar-refractivity contribution in [2.75, 3.05) is 12.4 Å². The van der Waals surface area contributed by atoms with Crippen molar-refractivity contribution in [3.63, 3.8) is 0 Å². The Morgan fingerprint density at radius 1 is 0.643 bits per heavy atom. The molecule has 0 amide bonds. The van der Waals surface area contributed by atoms with E-state index in [1.54, 1.807) is 0 Å². The van der Waals surface area contributed by atoms with E-state index in [1.807, 2.05) is 0 Å². The zero-order valence-corrected chi connectivity index (χ0v) is 18.9. The summed E-state index contributed by atoms with van der Waals surface area (Å²) in [6, 6.07) is 0. The molecule has 0 aliphatic rings. The third-order valence-electron chi connectivity index (χ3n) is 5.06. The van der Waals surface area contributed by atoms with Crippen molar-refractivity contribution in [3.05, 3.63) is 0 Å². The quantitative estimate of drug-likeness (QED) is 0.131. The highest BCUT2D eigenvalue weighted by Crippen LogP contribution is 2.14. The number of carbonyl (C=O) groups excluding carboxylic acids is 1. The first-order valence-electron chi connectivity index (χ1n) is 11.6. The number of hydrogen-bond donors (Lipinski definition) is 1. The van der Waals surface area contributed by atoms with E-state index in [4.69, 9.17) is 9.29 Å². The van der Waals surface area contributed by atoms with E-state index in [0.29, 0.717) is 0 Å². The van der Waals surface area contributed by atoms with Crippen molar-refractivity contribution in [1.82, 2.24) is 0 Å². The van der Waals surface area contributed by atoms with Crippen molar-refractivity contribution in [3.8, 4) is 0 Å². The first-order chi connectivity index (χ1) is 13.5. The largest absolute Gasteiger partial charge is 0.465 e. The van der Waals surface area contributed by atoms with Gasteiger partial charge < -0.3 is 4.74 Å². The minimum atomic E-state index is -4.27. The summed E-state index contributed by atoms with van der Waals surface area (Å²) in [4.78, 5) is 11.1. The summed E-state index contributed by atoms with van der Waals surface area (Å²) in [6.07, 6.45) is 23.3. The molecule has 0 aromatic rings. The standard InChI is InChI=1S/C22H44O5S/c1-2-3-4-5-6-7-8-9-10-11-12-13-14-15-16-17-18-19-20-27-22(23)21-28(24,25)26/h2-21H2,1H3,(H,24,25,26). The molecule has 168 valence electrons. The highest BCUT2D eigenvalue weighted by Gasteiger charge is 2.13. The van der Waals surface area contributed by atoms with Gasteiger partial charge in [-0.05, 0) is 6.42 Å². The Balaban J connectivity index is 3.13. The van der Waals surface area contributed by atoms with Crippen molar-refractivity contribution in [2.24, 2.45) is 0 Å². The van der Waals surface area contributed by atoms with Crippen LogP contribution in [0, 0.1) is 0 Å². The SMILES string of the molecule is CCCCCCCCCCCCCCCCCCCCOC(=O)CS(=O)(=O)O. The molecule has 6 heteroatoms. The van der Waals surface area contributed by atoms with E-state index < -0.39 is 21.8 Å². The topological polar surface area (TPSA) is 80.7 Å². The van der Waals surface area contributed by atoms with Crippen LogP contribution in [0.5, 0.6) is 0 Å². The van der Waals surface area contributed by atoms with E-state index in [-0.39, 0.29) is 6.61 Å². The Kier molecular flexibility index (Phi) is 19.2. The fourth-order valence-corrected chi connectivity index (χ4v) is 3.76. The van der Waals surface area contributed by atoms with E-state index in [9.17, 15) is 13.2 Å². The van der Waals surface area contributed by atoms with Gasteiger partial charge in [0.1, 0.15) is 0 Å². The van der Waals surface area contributed by atoms with Gasteiger partial charge >= 0.3 is 5.97 Å². The molecule has 5 nitrogen and oxygen atoms in total. The molecule has 0 bridgehead atoms. The molecule has 0 rings (SSSR count). The van der Waals surface area contributed by atoms with Crippen molar-refractivity contribution in [2.45, 2.75) is 122 Å². The fraction of sp³-hybridized carbons (Fsp3) is 0.955. The fourth-order valence-electron chi connectivity index (χ4n) is 3.38. The van der Waals surface area contributed by atoms with Crippen LogP contribution in [0.4, 0.5) is 0 Å². The molecule has 0 spiro atoms. The molecule has 0 saturated heterocycles. The van der Waals surface area contributed by atoms with Crippen LogP contribution in [0.15, 0.2) is 0 Å². The zero-order chi connectivity index (χ0) is 20.9. The maximum atomic E-state index is 11.1. The van der Waals surface area contributed by atoms with Crippen LogP contribution < -0.4 is 0 Å². The number of rotatable bonds is 21. The van der Waals surface area contributed by atoms with Crippen LogP contribution in [0.1, 0.15) is 122 Å². The number of unbranched alkanes of at least 4 members (excludes halogenated alkanes) is 17. The molecule has 0 aliphatic heterocycles. The second-order valence-corrected chi connectivity index (χ2v) is 9.41. The Labute approximate surface area is 173 Å². The van der Waals surface area contributed by atoms with Crippen LogP contribution in [0.25, 0.3) is 0 Å². The Morgan fingerprint density at radius 3 is 1.29 bits per heavy atom. The van der Waals surface area contributed by atoms with Gasteiger partial charge in [-0.15, -0.1) is 0 Å². The van der Waals surface area contributed by atoms with Crippen LogP contribution in [0.2, 0.25) is 0 Å². The zero-order valence-electron chi connectivity index (χ0n) is 18.1. The van der Waals surface area contributed by atoms with Crippen LogP contribution in [-0.4, -0.2) is 31.3 Å². The second-order valence-electron chi connectivity index (χ2n) is 7.96. The second kappa shape index (κ2) is 19.7. The number of carbonyl (C=O) groups is 1. The number of hydrogen-bond acceptors (Lipinski definition) is 4. The Bertz CT molecular complexity index is 448. The summed E-state index contributed by atoms with van der Waals surface area (Å²) in [5.74, 6) is -1.83. The normalized spacial score (nSPS) is 11.6. The lowest BCUT2D eigenvalue weighted by atomic mass is 10.0. The average Bonchev–Trinajstić information content (AvgIpc) is 2.62. The molecule has 1 N–H and O–H groups in total. The third kappa shape index (κ3) is 23.4. The van der Waals surface area contributed by atoms with E-state index in [0.717, 1.165) is 19.3 Å². The molecule has 0 aromatic heterocycles. The number of esters is 1. The molecule has 0 heterocycles. The maximum absolute atomic E-state index is 11.1. The van der Waals surface area contributed by atoms with E-state index >= 15 is 0 Å². The van der Waals surface area contributed by atoms with Gasteiger partial charge in [0.25, 0.3) is 10.1 Å². The van der Waals surface area contributed by atoms with Crippen molar-refractivity contribution in [1.29, 1.82) is 0 Å². The van der Waals surface area contributed by atoms with Gasteiger partial charge in [-0.2, -0.15) is 8.42 Å². The molecule has 0 aromatic carbocycles. The van der Waals surface area contributed by atoms with Crippen LogP contribution in [0.3, 0.4) is 0 Å². The van der Waals surface area contributed by atoms with Crippen molar-refractivity contribution >= 4 is 16.1 Å². The third-order valence-corrected chi connectivity index (χ3v) is 5.66. The molecule has 0 saturated carbocycles. The summed E-state index contributed by atoms with van der Waals surface area (Å²) in [5, 5.41) is 0. The summed E-state index contributed by atoms with van der Waals surface area (Å²) in [7, 11) is -4.27. The Hall–Kier alpha value is -0.620. The summed E-state index contributed by atoms with van der Waals surface area (Å²) in [5.41, 5.74) is 0.